The molecular formula is C20H18O6. The molecule has 1 fully saturated rings. The van der Waals surface area contributed by atoms with Crippen molar-refractivity contribution in [1.29, 1.82) is 0 Å². The highest BCUT2D eigenvalue weighted by Gasteiger charge is 2.31. The molecule has 1 N–H and O–H groups in total. The molecule has 4 rings (SSSR count). The van der Waals surface area contributed by atoms with Gasteiger partial charge in [-0.3, -0.25) is 0 Å². The van der Waals surface area contributed by atoms with E-state index in [9.17, 15) is 9.90 Å². The van der Waals surface area contributed by atoms with E-state index >= 15 is 0 Å². The van der Waals surface area contributed by atoms with E-state index in [-0.39, 0.29) is 24.4 Å². The number of cyclic esters (lactones) is 1. The predicted octanol–water partition coefficient (Wildman–Crippen LogP) is 2.93. The molecule has 1 unspecified atom stereocenters. The maximum Gasteiger partial charge on any atom is 0.334 e. The Balaban J connectivity index is 1.58. The molecule has 0 radical (unpaired) electrons. The Morgan fingerprint density at radius 2 is 2.00 bits per heavy atom. The summed E-state index contributed by atoms with van der Waals surface area (Å²) in [6, 6.07) is 10.8. The third-order valence-electron chi connectivity index (χ3n) is 4.54. The molecule has 0 amide bonds. The van der Waals surface area contributed by atoms with Gasteiger partial charge < -0.3 is 24.1 Å². The highest BCUT2D eigenvalue weighted by atomic mass is 16.7. The second-order valence-electron chi connectivity index (χ2n) is 6.22. The second kappa shape index (κ2) is 6.63. The average molecular weight is 354 g/mol. The standard InChI is InChI=1S/C20H18O6/c1-23-17-4-2-13(8-16(17)21)7-15-14(10-24-20(15)22)6-12-3-5-18-19(9-12)26-11-25-18/h2-5,7-9,14,21H,6,10-11H2,1H3. The molecule has 1 saturated heterocycles. The molecule has 26 heavy (non-hydrogen) atoms. The number of phenolic OH excluding ortho intramolecular Hbond substituents is 1. The number of carbonyl (C=O) groups excluding carboxylic acids is 1. The summed E-state index contributed by atoms with van der Waals surface area (Å²) < 4.78 is 21.0. The molecule has 6 nitrogen and oxygen atoms in total. The summed E-state index contributed by atoms with van der Waals surface area (Å²) in [5.41, 5.74) is 2.35. The summed E-state index contributed by atoms with van der Waals surface area (Å²) in [5.74, 6) is 1.48. The number of hydrogen-bond acceptors (Lipinski definition) is 6. The van der Waals surface area contributed by atoms with Gasteiger partial charge in [-0.15, -0.1) is 0 Å². The maximum atomic E-state index is 12.2. The second-order valence-corrected chi connectivity index (χ2v) is 6.22. The zero-order valence-electron chi connectivity index (χ0n) is 14.2. The smallest absolute Gasteiger partial charge is 0.334 e. The van der Waals surface area contributed by atoms with Crippen molar-refractivity contribution in [2.75, 3.05) is 20.5 Å². The molecule has 0 aliphatic carbocycles. The highest BCUT2D eigenvalue weighted by Crippen LogP contribution is 2.35. The van der Waals surface area contributed by atoms with Crippen LogP contribution in [0.25, 0.3) is 6.08 Å². The van der Waals surface area contributed by atoms with Crippen LogP contribution in [-0.2, 0) is 16.0 Å². The van der Waals surface area contributed by atoms with E-state index in [0.717, 1.165) is 17.1 Å². The molecule has 2 aliphatic heterocycles. The Kier molecular flexibility index (Phi) is 4.16. The maximum absolute atomic E-state index is 12.2. The number of carbonyl (C=O) groups is 1. The van der Waals surface area contributed by atoms with Crippen molar-refractivity contribution in [1.82, 2.24) is 0 Å². The number of hydrogen-bond donors (Lipinski definition) is 1. The Labute approximate surface area is 150 Å². The van der Waals surface area contributed by atoms with Crippen molar-refractivity contribution in [2.24, 2.45) is 5.92 Å². The first kappa shape index (κ1) is 16.3. The van der Waals surface area contributed by atoms with Gasteiger partial charge in [-0.1, -0.05) is 12.1 Å². The normalized spacial score (nSPS) is 19.7. The molecule has 2 aliphatic rings. The van der Waals surface area contributed by atoms with E-state index in [4.69, 9.17) is 18.9 Å². The third kappa shape index (κ3) is 3.06. The van der Waals surface area contributed by atoms with Crippen molar-refractivity contribution in [3.63, 3.8) is 0 Å². The predicted molar refractivity (Wildman–Crippen MR) is 93.4 cm³/mol. The zero-order valence-corrected chi connectivity index (χ0v) is 14.2. The van der Waals surface area contributed by atoms with Crippen molar-refractivity contribution in [3.05, 3.63) is 53.1 Å². The molecule has 2 heterocycles. The van der Waals surface area contributed by atoms with E-state index in [1.165, 1.54) is 7.11 Å². The van der Waals surface area contributed by atoms with E-state index < -0.39 is 0 Å². The molecule has 0 saturated carbocycles. The summed E-state index contributed by atoms with van der Waals surface area (Å²) >= 11 is 0. The fourth-order valence-electron chi connectivity index (χ4n) is 3.19. The summed E-state index contributed by atoms with van der Waals surface area (Å²) in [6.45, 7) is 0.567. The topological polar surface area (TPSA) is 74.2 Å². The molecule has 134 valence electrons. The van der Waals surface area contributed by atoms with Gasteiger partial charge in [0.05, 0.1) is 13.7 Å². The van der Waals surface area contributed by atoms with Crippen LogP contribution in [0.1, 0.15) is 11.1 Å². The largest absolute Gasteiger partial charge is 0.504 e. The molecule has 2 aromatic carbocycles. The van der Waals surface area contributed by atoms with Gasteiger partial charge in [0, 0.05) is 11.5 Å². The van der Waals surface area contributed by atoms with Crippen LogP contribution < -0.4 is 14.2 Å². The van der Waals surface area contributed by atoms with Crippen molar-refractivity contribution < 1.29 is 28.8 Å². The van der Waals surface area contributed by atoms with Gasteiger partial charge in [-0.05, 0) is 47.9 Å². The number of phenols is 1. The van der Waals surface area contributed by atoms with E-state index in [1.54, 1.807) is 24.3 Å². The summed E-state index contributed by atoms with van der Waals surface area (Å²) in [6.07, 6.45) is 2.41. The molecule has 0 aromatic heterocycles. The number of benzene rings is 2. The van der Waals surface area contributed by atoms with Crippen molar-refractivity contribution >= 4 is 12.0 Å². The fraction of sp³-hybridized carbons (Fsp3) is 0.250. The molecular weight excluding hydrogens is 336 g/mol. The molecule has 6 heteroatoms. The zero-order chi connectivity index (χ0) is 18.1. The lowest BCUT2D eigenvalue weighted by Crippen LogP contribution is -2.07. The van der Waals surface area contributed by atoms with Crippen molar-refractivity contribution in [2.45, 2.75) is 6.42 Å². The first-order valence-electron chi connectivity index (χ1n) is 8.28. The van der Waals surface area contributed by atoms with Crippen LogP contribution in [0.3, 0.4) is 0 Å². The fourth-order valence-corrected chi connectivity index (χ4v) is 3.19. The van der Waals surface area contributed by atoms with Crippen LogP contribution in [0.5, 0.6) is 23.0 Å². The van der Waals surface area contributed by atoms with Crippen molar-refractivity contribution in [3.8, 4) is 23.0 Å². The van der Waals surface area contributed by atoms with Crippen LogP contribution in [0.15, 0.2) is 42.0 Å². The number of rotatable bonds is 4. The van der Waals surface area contributed by atoms with Gasteiger partial charge in [-0.25, -0.2) is 4.79 Å². The van der Waals surface area contributed by atoms with Gasteiger partial charge in [0.2, 0.25) is 6.79 Å². The first-order chi connectivity index (χ1) is 12.6. The number of esters is 1. The van der Waals surface area contributed by atoms with E-state index in [2.05, 4.69) is 0 Å². The molecule has 2 aromatic rings. The third-order valence-corrected chi connectivity index (χ3v) is 4.54. The Bertz CT molecular complexity index is 886. The minimum Gasteiger partial charge on any atom is -0.504 e. The highest BCUT2D eigenvalue weighted by molar-refractivity contribution is 5.96. The number of fused-ring (bicyclic) bond motifs is 1. The van der Waals surface area contributed by atoms with Gasteiger partial charge in [-0.2, -0.15) is 0 Å². The monoisotopic (exact) mass is 354 g/mol. The molecule has 0 spiro atoms. The lowest BCUT2D eigenvalue weighted by atomic mass is 9.92. The van der Waals surface area contributed by atoms with Gasteiger partial charge in [0.15, 0.2) is 23.0 Å². The SMILES string of the molecule is COc1ccc(C=C2C(=O)OCC2Cc2ccc3c(c2)OCO3)cc1O. The number of aromatic hydroxyl groups is 1. The van der Waals surface area contributed by atoms with Gasteiger partial charge in [0.25, 0.3) is 0 Å². The van der Waals surface area contributed by atoms with Crippen LogP contribution >= 0.6 is 0 Å². The van der Waals surface area contributed by atoms with Crippen LogP contribution in [0.4, 0.5) is 0 Å². The summed E-state index contributed by atoms with van der Waals surface area (Å²) in [4.78, 5) is 12.2. The molecule has 1 atom stereocenters. The Hall–Kier alpha value is -3.15. The van der Waals surface area contributed by atoms with Crippen LogP contribution in [0.2, 0.25) is 0 Å². The van der Waals surface area contributed by atoms with Crippen LogP contribution in [-0.4, -0.2) is 31.6 Å². The lowest BCUT2D eigenvalue weighted by Gasteiger charge is -2.10. The first-order valence-corrected chi connectivity index (χ1v) is 8.28. The molecule has 0 bridgehead atoms. The van der Waals surface area contributed by atoms with Crippen LogP contribution in [0, 0.1) is 5.92 Å². The number of methoxy groups -OCH3 is 1. The number of ether oxygens (including phenoxy) is 4. The van der Waals surface area contributed by atoms with Gasteiger partial charge in [0.1, 0.15) is 0 Å². The summed E-state index contributed by atoms with van der Waals surface area (Å²) in [5, 5.41) is 9.93. The Morgan fingerprint density at radius 3 is 2.81 bits per heavy atom. The van der Waals surface area contributed by atoms with E-state index in [1.807, 2.05) is 18.2 Å². The minimum atomic E-state index is -0.328. The van der Waals surface area contributed by atoms with E-state index in [0.29, 0.717) is 29.9 Å². The lowest BCUT2D eigenvalue weighted by molar-refractivity contribution is -0.135. The summed E-state index contributed by atoms with van der Waals surface area (Å²) in [7, 11) is 1.49. The quantitative estimate of drug-likeness (QED) is 0.672. The average Bonchev–Trinajstić information content (AvgIpc) is 3.23. The Morgan fingerprint density at radius 1 is 1.15 bits per heavy atom. The minimum absolute atomic E-state index is 0.0283. The van der Waals surface area contributed by atoms with Gasteiger partial charge >= 0.3 is 5.97 Å².